The lowest BCUT2D eigenvalue weighted by Gasteiger charge is -2.14. The van der Waals surface area contributed by atoms with Gasteiger partial charge in [-0.15, -0.1) is 0 Å². The largest absolute Gasteiger partial charge is 0.462 e. The second kappa shape index (κ2) is 9.01. The first-order chi connectivity index (χ1) is 13.3. The van der Waals surface area contributed by atoms with Crippen molar-refractivity contribution in [3.63, 3.8) is 0 Å². The van der Waals surface area contributed by atoms with Crippen molar-refractivity contribution >= 4 is 22.7 Å². The van der Waals surface area contributed by atoms with Gasteiger partial charge >= 0.3 is 11.9 Å². The molecule has 0 saturated heterocycles. The lowest BCUT2D eigenvalue weighted by molar-refractivity contribution is 0.0451. The average Bonchev–Trinajstić information content (AvgIpc) is 2.68. The maximum atomic E-state index is 12.6. The van der Waals surface area contributed by atoms with Crippen LogP contribution >= 0.6 is 0 Å². The van der Waals surface area contributed by atoms with E-state index in [1.165, 1.54) is 24.3 Å². The minimum atomic E-state index is -0.604. The van der Waals surface area contributed by atoms with E-state index < -0.39 is 11.9 Å². The van der Waals surface area contributed by atoms with Gasteiger partial charge in [-0.2, -0.15) is 10.5 Å². The normalized spacial score (nSPS) is 10.6. The Kier molecular flexibility index (Phi) is 6.74. The van der Waals surface area contributed by atoms with Crippen LogP contribution in [0.15, 0.2) is 24.3 Å². The number of hydrogen-bond acceptors (Lipinski definition) is 6. The Morgan fingerprint density at radius 3 is 1.43 bits per heavy atom. The van der Waals surface area contributed by atoms with Crippen molar-refractivity contribution < 1.29 is 19.1 Å². The summed E-state index contributed by atoms with van der Waals surface area (Å²) in [7, 11) is 0. The molecule has 0 aromatic heterocycles. The van der Waals surface area contributed by atoms with Crippen LogP contribution in [0.3, 0.4) is 0 Å². The molecule has 6 heteroatoms. The summed E-state index contributed by atoms with van der Waals surface area (Å²) in [5, 5.41) is 19.5. The fourth-order valence-electron chi connectivity index (χ4n) is 2.66. The quantitative estimate of drug-likeness (QED) is 0.698. The second-order valence-corrected chi connectivity index (χ2v) is 7.28. The average molecular weight is 378 g/mol. The molecule has 0 heterocycles. The fourth-order valence-corrected chi connectivity index (χ4v) is 2.66. The second-order valence-electron chi connectivity index (χ2n) is 7.28. The molecule has 0 amide bonds. The van der Waals surface area contributed by atoms with Crippen LogP contribution in [0.4, 0.5) is 0 Å². The van der Waals surface area contributed by atoms with Gasteiger partial charge < -0.3 is 9.47 Å². The Balaban J connectivity index is 2.70. The van der Waals surface area contributed by atoms with Gasteiger partial charge in [-0.3, -0.25) is 0 Å². The number of nitrogens with zero attached hydrogens (tertiary/aromatic N) is 2. The molecule has 0 aliphatic heterocycles. The van der Waals surface area contributed by atoms with Crippen molar-refractivity contribution in [2.24, 2.45) is 11.8 Å². The highest BCUT2D eigenvalue weighted by Crippen LogP contribution is 2.30. The molecule has 0 unspecified atom stereocenters. The van der Waals surface area contributed by atoms with Gasteiger partial charge in [-0.05, 0) is 36.1 Å². The number of ether oxygens (including phenoxy) is 2. The van der Waals surface area contributed by atoms with Crippen molar-refractivity contribution in [1.82, 2.24) is 0 Å². The standard InChI is InChI=1S/C22H22N2O4/c1-13(2)11-27-21(25)17-7-5-16(10-24)20-18(22(26)28-12-14(3)4)8-6-15(9-23)19(17)20/h5-8,13-14H,11-12H2,1-4H3. The third-order valence-electron chi connectivity index (χ3n) is 3.94. The first-order valence-electron chi connectivity index (χ1n) is 9.04. The van der Waals surface area contributed by atoms with Crippen molar-refractivity contribution in [2.75, 3.05) is 13.2 Å². The van der Waals surface area contributed by atoms with E-state index in [9.17, 15) is 20.1 Å². The van der Waals surface area contributed by atoms with Crippen molar-refractivity contribution in [1.29, 1.82) is 10.5 Å². The zero-order valence-electron chi connectivity index (χ0n) is 16.4. The molecule has 0 saturated carbocycles. The number of rotatable bonds is 6. The summed E-state index contributed by atoms with van der Waals surface area (Å²) in [5.41, 5.74) is 0.655. The highest BCUT2D eigenvalue weighted by Gasteiger charge is 2.23. The van der Waals surface area contributed by atoms with Crippen molar-refractivity contribution in [3.05, 3.63) is 46.5 Å². The summed E-state index contributed by atoms with van der Waals surface area (Å²) < 4.78 is 10.6. The zero-order valence-corrected chi connectivity index (χ0v) is 16.4. The number of esters is 2. The summed E-state index contributed by atoms with van der Waals surface area (Å²) in [5.74, 6) is -0.920. The van der Waals surface area contributed by atoms with Gasteiger partial charge in [0, 0.05) is 10.8 Å². The molecule has 0 radical (unpaired) electrons. The smallest absolute Gasteiger partial charge is 0.338 e. The highest BCUT2D eigenvalue weighted by atomic mass is 16.5. The van der Waals surface area contributed by atoms with Gasteiger partial charge in [0.1, 0.15) is 0 Å². The number of fused-ring (bicyclic) bond motifs is 1. The van der Waals surface area contributed by atoms with E-state index in [-0.39, 0.29) is 58.1 Å². The molecule has 0 bridgehead atoms. The first kappa shape index (κ1) is 20.9. The van der Waals surface area contributed by atoms with Gasteiger partial charge in [0.25, 0.3) is 0 Å². The molecule has 6 nitrogen and oxygen atoms in total. The highest BCUT2D eigenvalue weighted by molar-refractivity contribution is 6.14. The van der Waals surface area contributed by atoms with Crippen LogP contribution in [0.5, 0.6) is 0 Å². The molecule has 2 aromatic rings. The lowest BCUT2D eigenvalue weighted by atomic mass is 9.92. The molecule has 2 rings (SSSR count). The topological polar surface area (TPSA) is 100 Å². The number of benzene rings is 2. The Bertz CT molecular complexity index is 913. The maximum absolute atomic E-state index is 12.6. The molecular formula is C22H22N2O4. The zero-order chi connectivity index (χ0) is 20.8. The van der Waals surface area contributed by atoms with Gasteiger partial charge in [0.2, 0.25) is 0 Å². The number of carbonyl (C=O) groups is 2. The van der Waals surface area contributed by atoms with E-state index >= 15 is 0 Å². The van der Waals surface area contributed by atoms with Crippen LogP contribution in [0.25, 0.3) is 10.8 Å². The van der Waals surface area contributed by atoms with Gasteiger partial charge in [0.15, 0.2) is 0 Å². The summed E-state index contributed by atoms with van der Waals surface area (Å²) in [6.45, 7) is 8.08. The minimum Gasteiger partial charge on any atom is -0.462 e. The van der Waals surface area contributed by atoms with Gasteiger partial charge in [-0.1, -0.05) is 27.7 Å². The molecule has 2 aromatic carbocycles. The molecule has 0 fully saturated rings. The van der Waals surface area contributed by atoms with Crippen LogP contribution in [0, 0.1) is 34.5 Å². The molecule has 0 atom stereocenters. The summed E-state index contributed by atoms with van der Waals surface area (Å²) in [6.07, 6.45) is 0. The monoisotopic (exact) mass is 378 g/mol. The number of hydrogen-bond donors (Lipinski definition) is 0. The van der Waals surface area contributed by atoms with Crippen molar-refractivity contribution in [3.8, 4) is 12.1 Å². The molecule has 0 spiro atoms. The summed E-state index contributed by atoms with van der Waals surface area (Å²) in [4.78, 5) is 25.2. The van der Waals surface area contributed by atoms with E-state index in [2.05, 4.69) is 0 Å². The lowest BCUT2D eigenvalue weighted by Crippen LogP contribution is -2.14. The van der Waals surface area contributed by atoms with E-state index in [1.807, 2.05) is 39.8 Å². The third-order valence-corrected chi connectivity index (χ3v) is 3.94. The molecule has 0 aliphatic rings. The molecule has 28 heavy (non-hydrogen) atoms. The van der Waals surface area contributed by atoms with E-state index in [4.69, 9.17) is 9.47 Å². The SMILES string of the molecule is CC(C)COC(=O)c1ccc(C#N)c2c(C(=O)OCC(C)C)ccc(C#N)c12. The first-order valence-corrected chi connectivity index (χ1v) is 9.04. The van der Waals surface area contributed by atoms with E-state index in [0.717, 1.165) is 0 Å². The third kappa shape index (κ3) is 4.47. The minimum absolute atomic E-state index is 0.143. The number of nitriles is 2. The van der Waals surface area contributed by atoms with Crippen LogP contribution < -0.4 is 0 Å². The van der Waals surface area contributed by atoms with E-state index in [1.54, 1.807) is 0 Å². The molecule has 0 N–H and O–H groups in total. The molecule has 144 valence electrons. The van der Waals surface area contributed by atoms with Gasteiger partial charge in [-0.25, -0.2) is 9.59 Å². The van der Waals surface area contributed by atoms with Crippen LogP contribution in [0.2, 0.25) is 0 Å². The summed E-state index contributed by atoms with van der Waals surface area (Å²) in [6, 6.07) is 9.87. The van der Waals surface area contributed by atoms with Crippen LogP contribution in [-0.2, 0) is 9.47 Å². The predicted octanol–water partition coefficient (Wildman–Crippen LogP) is 4.21. The fraction of sp³-hybridized carbons (Fsp3) is 0.364. The Morgan fingerprint density at radius 2 is 1.14 bits per heavy atom. The number of carbonyl (C=O) groups excluding carboxylic acids is 2. The van der Waals surface area contributed by atoms with Crippen LogP contribution in [-0.4, -0.2) is 25.2 Å². The molecule has 0 aliphatic carbocycles. The van der Waals surface area contributed by atoms with E-state index in [0.29, 0.717) is 0 Å². The maximum Gasteiger partial charge on any atom is 0.338 e. The Hall–Kier alpha value is -3.38. The Labute approximate surface area is 164 Å². The predicted molar refractivity (Wildman–Crippen MR) is 104 cm³/mol. The Morgan fingerprint density at radius 1 is 0.786 bits per heavy atom. The molecular weight excluding hydrogens is 356 g/mol. The van der Waals surface area contributed by atoms with Crippen molar-refractivity contribution in [2.45, 2.75) is 27.7 Å². The summed E-state index contributed by atoms with van der Waals surface area (Å²) >= 11 is 0. The van der Waals surface area contributed by atoms with Crippen LogP contribution in [0.1, 0.15) is 59.5 Å². The van der Waals surface area contributed by atoms with Gasteiger partial charge in [0.05, 0.1) is 47.6 Å².